The predicted octanol–water partition coefficient (Wildman–Crippen LogP) is 3.15. The van der Waals surface area contributed by atoms with Gasteiger partial charge in [-0.05, 0) is 54.7 Å². The molecule has 0 N–H and O–H groups in total. The van der Waals surface area contributed by atoms with Crippen molar-refractivity contribution in [2.45, 2.75) is 25.9 Å². The maximum absolute atomic E-state index is 5.75. The number of nitrogens with zero attached hydrogens (tertiary/aromatic N) is 1. The first-order valence-electron chi connectivity index (χ1n) is 6.06. The van der Waals surface area contributed by atoms with Crippen LogP contribution in [0.2, 0.25) is 0 Å². The average molecular weight is 225 g/mol. The highest BCUT2D eigenvalue weighted by atomic mass is 16.5. The minimum Gasteiger partial charge on any atom is -0.487 e. The number of aryl methyl sites for hydroxylation is 2. The molecule has 17 heavy (non-hydrogen) atoms. The molecule has 1 aromatic heterocycles. The quantitative estimate of drug-likeness (QED) is 0.800. The van der Waals surface area contributed by atoms with E-state index in [0.717, 1.165) is 11.4 Å². The standard InChI is InChI=1S/C15H15NO/c1-2-9-16-14(6-1)11-17-15-8-7-12-4-3-5-13(12)10-15/h1-2,6-10H,3-5,11H2. The molecule has 1 aliphatic carbocycles. The zero-order valence-electron chi connectivity index (χ0n) is 9.73. The van der Waals surface area contributed by atoms with Gasteiger partial charge in [0.1, 0.15) is 12.4 Å². The summed E-state index contributed by atoms with van der Waals surface area (Å²) in [5.41, 5.74) is 3.90. The summed E-state index contributed by atoms with van der Waals surface area (Å²) < 4.78 is 5.75. The lowest BCUT2D eigenvalue weighted by Gasteiger charge is -2.07. The summed E-state index contributed by atoms with van der Waals surface area (Å²) in [4.78, 5) is 4.24. The average Bonchev–Trinajstić information content (AvgIpc) is 2.85. The predicted molar refractivity (Wildman–Crippen MR) is 67.0 cm³/mol. The van der Waals surface area contributed by atoms with Gasteiger partial charge in [-0.15, -0.1) is 0 Å². The molecule has 0 fully saturated rings. The highest BCUT2D eigenvalue weighted by Gasteiger charge is 2.11. The van der Waals surface area contributed by atoms with Crippen molar-refractivity contribution in [2.75, 3.05) is 0 Å². The van der Waals surface area contributed by atoms with Gasteiger partial charge in [-0.25, -0.2) is 0 Å². The van der Waals surface area contributed by atoms with E-state index in [0.29, 0.717) is 6.61 Å². The molecule has 2 nitrogen and oxygen atoms in total. The van der Waals surface area contributed by atoms with Gasteiger partial charge in [0.05, 0.1) is 5.69 Å². The van der Waals surface area contributed by atoms with Gasteiger partial charge in [-0.1, -0.05) is 12.1 Å². The molecule has 3 rings (SSSR count). The summed E-state index contributed by atoms with van der Waals surface area (Å²) in [6.07, 6.45) is 5.48. The van der Waals surface area contributed by atoms with Crippen molar-refractivity contribution in [3.05, 3.63) is 59.4 Å². The van der Waals surface area contributed by atoms with E-state index < -0.39 is 0 Å². The number of rotatable bonds is 3. The zero-order chi connectivity index (χ0) is 11.5. The molecule has 1 heterocycles. The van der Waals surface area contributed by atoms with Crippen LogP contribution in [0.4, 0.5) is 0 Å². The number of hydrogen-bond acceptors (Lipinski definition) is 2. The Hall–Kier alpha value is -1.83. The van der Waals surface area contributed by atoms with E-state index in [9.17, 15) is 0 Å². The molecule has 1 aliphatic rings. The van der Waals surface area contributed by atoms with Crippen LogP contribution in [-0.2, 0) is 19.4 Å². The Balaban J connectivity index is 1.70. The minimum atomic E-state index is 0.541. The molecule has 2 heteroatoms. The molecule has 0 atom stereocenters. The molecule has 0 saturated heterocycles. The number of aromatic nitrogens is 1. The van der Waals surface area contributed by atoms with Crippen molar-refractivity contribution in [2.24, 2.45) is 0 Å². The summed E-state index contributed by atoms with van der Waals surface area (Å²) in [5.74, 6) is 0.955. The second-order valence-electron chi connectivity index (χ2n) is 4.39. The van der Waals surface area contributed by atoms with E-state index in [1.165, 1.54) is 30.4 Å². The first-order chi connectivity index (χ1) is 8.42. The van der Waals surface area contributed by atoms with Gasteiger partial charge in [-0.3, -0.25) is 4.98 Å². The molecule has 0 amide bonds. The molecule has 0 radical (unpaired) electrons. The van der Waals surface area contributed by atoms with E-state index in [1.54, 1.807) is 6.20 Å². The van der Waals surface area contributed by atoms with Gasteiger partial charge in [0.2, 0.25) is 0 Å². The lowest BCUT2D eigenvalue weighted by molar-refractivity contribution is 0.301. The Morgan fingerprint density at radius 1 is 1.06 bits per heavy atom. The van der Waals surface area contributed by atoms with Gasteiger partial charge >= 0.3 is 0 Å². The van der Waals surface area contributed by atoms with Crippen molar-refractivity contribution in [1.82, 2.24) is 4.98 Å². The molecule has 0 saturated carbocycles. The zero-order valence-corrected chi connectivity index (χ0v) is 9.73. The molecule has 0 bridgehead atoms. The molecule has 0 unspecified atom stereocenters. The van der Waals surface area contributed by atoms with Crippen molar-refractivity contribution >= 4 is 0 Å². The fourth-order valence-electron chi connectivity index (χ4n) is 2.28. The molecule has 0 spiro atoms. The van der Waals surface area contributed by atoms with E-state index in [2.05, 4.69) is 23.2 Å². The van der Waals surface area contributed by atoms with Crippen LogP contribution in [0.15, 0.2) is 42.6 Å². The normalized spacial score (nSPS) is 13.4. The SMILES string of the molecule is c1ccc(COc2ccc3c(c2)CCC3)nc1. The highest BCUT2D eigenvalue weighted by Crippen LogP contribution is 2.26. The summed E-state index contributed by atoms with van der Waals surface area (Å²) in [7, 11) is 0. The summed E-state index contributed by atoms with van der Waals surface area (Å²) >= 11 is 0. The lowest BCUT2D eigenvalue weighted by Crippen LogP contribution is -1.98. The summed E-state index contributed by atoms with van der Waals surface area (Å²) in [6.45, 7) is 0.541. The van der Waals surface area contributed by atoms with Crippen LogP contribution < -0.4 is 4.74 Å². The number of fused-ring (bicyclic) bond motifs is 1. The lowest BCUT2D eigenvalue weighted by atomic mass is 10.1. The van der Waals surface area contributed by atoms with Gasteiger partial charge in [-0.2, -0.15) is 0 Å². The molecule has 1 aromatic carbocycles. The fraction of sp³-hybridized carbons (Fsp3) is 0.267. The van der Waals surface area contributed by atoms with Crippen molar-refractivity contribution in [3.8, 4) is 5.75 Å². The largest absolute Gasteiger partial charge is 0.487 e. The highest BCUT2D eigenvalue weighted by molar-refractivity contribution is 5.38. The van der Waals surface area contributed by atoms with Crippen LogP contribution in [0.1, 0.15) is 23.2 Å². The van der Waals surface area contributed by atoms with Crippen molar-refractivity contribution in [3.63, 3.8) is 0 Å². The molecule has 0 aliphatic heterocycles. The smallest absolute Gasteiger partial charge is 0.130 e. The summed E-state index contributed by atoms with van der Waals surface area (Å²) in [6, 6.07) is 12.3. The Morgan fingerprint density at radius 2 is 2.00 bits per heavy atom. The van der Waals surface area contributed by atoms with Gasteiger partial charge in [0.15, 0.2) is 0 Å². The van der Waals surface area contributed by atoms with Crippen LogP contribution >= 0.6 is 0 Å². The molecule has 2 aromatic rings. The van der Waals surface area contributed by atoms with Crippen LogP contribution in [0.5, 0.6) is 5.75 Å². The van der Waals surface area contributed by atoms with Gasteiger partial charge < -0.3 is 4.74 Å². The van der Waals surface area contributed by atoms with Crippen LogP contribution in [-0.4, -0.2) is 4.98 Å². The molecular weight excluding hydrogens is 210 g/mol. The Labute approximate surface area is 101 Å². The van der Waals surface area contributed by atoms with Gasteiger partial charge in [0, 0.05) is 6.20 Å². The second kappa shape index (κ2) is 4.58. The number of pyridine rings is 1. The third kappa shape index (κ3) is 2.31. The maximum atomic E-state index is 5.75. The number of hydrogen-bond donors (Lipinski definition) is 0. The monoisotopic (exact) mass is 225 g/mol. The second-order valence-corrected chi connectivity index (χ2v) is 4.39. The number of ether oxygens (including phenoxy) is 1. The molecule has 86 valence electrons. The third-order valence-electron chi connectivity index (χ3n) is 3.18. The van der Waals surface area contributed by atoms with Crippen molar-refractivity contribution in [1.29, 1.82) is 0 Å². The van der Waals surface area contributed by atoms with Crippen LogP contribution in [0.3, 0.4) is 0 Å². The van der Waals surface area contributed by atoms with E-state index in [-0.39, 0.29) is 0 Å². The maximum Gasteiger partial charge on any atom is 0.130 e. The van der Waals surface area contributed by atoms with E-state index in [1.807, 2.05) is 18.2 Å². The first kappa shape index (κ1) is 10.3. The Bertz CT molecular complexity index is 508. The van der Waals surface area contributed by atoms with E-state index >= 15 is 0 Å². The van der Waals surface area contributed by atoms with Crippen LogP contribution in [0, 0.1) is 0 Å². The topological polar surface area (TPSA) is 22.1 Å². The number of benzene rings is 1. The molecular formula is C15H15NO. The fourth-order valence-corrected chi connectivity index (χ4v) is 2.28. The Morgan fingerprint density at radius 3 is 2.88 bits per heavy atom. The first-order valence-corrected chi connectivity index (χ1v) is 6.06. The van der Waals surface area contributed by atoms with E-state index in [4.69, 9.17) is 4.74 Å². The van der Waals surface area contributed by atoms with Crippen molar-refractivity contribution < 1.29 is 4.74 Å². The van der Waals surface area contributed by atoms with Crippen LogP contribution in [0.25, 0.3) is 0 Å². The minimum absolute atomic E-state index is 0.541. The third-order valence-corrected chi connectivity index (χ3v) is 3.18. The Kier molecular flexibility index (Phi) is 2.78. The summed E-state index contributed by atoms with van der Waals surface area (Å²) in [5, 5.41) is 0. The van der Waals surface area contributed by atoms with Gasteiger partial charge in [0.25, 0.3) is 0 Å².